The van der Waals surface area contributed by atoms with Crippen molar-refractivity contribution >= 4 is 69.8 Å². The molecule has 26 heavy (non-hydrogen) atoms. The smallest absolute Gasteiger partial charge is 0.156 e. The molecule has 2 aromatic carbocycles. The third-order valence-corrected chi connectivity index (χ3v) is 5.30. The van der Waals surface area contributed by atoms with E-state index in [1.807, 2.05) is 24.3 Å². The van der Waals surface area contributed by atoms with E-state index < -0.39 is 0 Å². The molecule has 0 saturated carbocycles. The van der Waals surface area contributed by atoms with Crippen LogP contribution in [-0.2, 0) is 0 Å². The second-order valence-electron chi connectivity index (χ2n) is 5.03. The van der Waals surface area contributed by atoms with Crippen molar-refractivity contribution in [2.45, 2.75) is 11.3 Å². The standard InChI is InChI=1S/C18H15Cl5O2S/c19-12-2-4-14(5-3-12)26-9-1-7-25-18-15(20)10-13(11-16(18)21)24-8-6-17(22)23/h2-6,10-11H,1,7-9H2. The Labute approximate surface area is 182 Å². The van der Waals surface area contributed by atoms with E-state index in [0.29, 0.717) is 28.2 Å². The molecule has 2 aromatic rings. The molecule has 0 atom stereocenters. The zero-order valence-corrected chi connectivity index (χ0v) is 18.1. The van der Waals surface area contributed by atoms with Gasteiger partial charge >= 0.3 is 0 Å². The minimum atomic E-state index is 0.138. The number of thioether (sulfide) groups is 1. The molecule has 2 rings (SSSR count). The fraction of sp³-hybridized carbons (Fsp3) is 0.222. The van der Waals surface area contributed by atoms with Crippen molar-refractivity contribution in [2.24, 2.45) is 0 Å². The van der Waals surface area contributed by atoms with E-state index in [9.17, 15) is 0 Å². The molecule has 0 aromatic heterocycles. The number of hydrogen-bond donors (Lipinski definition) is 0. The maximum Gasteiger partial charge on any atom is 0.156 e. The Morgan fingerprint density at radius 3 is 2.23 bits per heavy atom. The molecule has 0 aliphatic carbocycles. The van der Waals surface area contributed by atoms with Crippen LogP contribution in [0.3, 0.4) is 0 Å². The van der Waals surface area contributed by atoms with Gasteiger partial charge in [-0.15, -0.1) is 11.8 Å². The first-order valence-corrected chi connectivity index (χ1v) is 10.5. The predicted molar refractivity (Wildman–Crippen MR) is 114 cm³/mol. The van der Waals surface area contributed by atoms with Gasteiger partial charge < -0.3 is 9.47 Å². The number of ether oxygens (including phenoxy) is 2. The van der Waals surface area contributed by atoms with E-state index in [1.165, 1.54) is 6.08 Å². The molecule has 0 unspecified atom stereocenters. The summed E-state index contributed by atoms with van der Waals surface area (Å²) < 4.78 is 11.3. The molecule has 0 spiro atoms. The monoisotopic (exact) mass is 470 g/mol. The van der Waals surface area contributed by atoms with Gasteiger partial charge in [-0.05, 0) is 36.8 Å². The third kappa shape index (κ3) is 7.67. The van der Waals surface area contributed by atoms with Crippen molar-refractivity contribution < 1.29 is 9.47 Å². The van der Waals surface area contributed by atoms with Crippen LogP contribution in [0.5, 0.6) is 11.5 Å². The van der Waals surface area contributed by atoms with Gasteiger partial charge in [0.15, 0.2) is 5.75 Å². The first-order chi connectivity index (χ1) is 12.5. The summed E-state index contributed by atoms with van der Waals surface area (Å²) in [6, 6.07) is 11.0. The van der Waals surface area contributed by atoms with Gasteiger partial charge in [0.25, 0.3) is 0 Å². The van der Waals surface area contributed by atoms with Crippen LogP contribution >= 0.6 is 69.8 Å². The molecule has 0 heterocycles. The molecule has 0 N–H and O–H groups in total. The SMILES string of the molecule is ClC(Cl)=CCOc1cc(Cl)c(OCCCSc2ccc(Cl)cc2)c(Cl)c1. The summed E-state index contributed by atoms with van der Waals surface area (Å²) >= 11 is 31.1. The van der Waals surface area contributed by atoms with E-state index in [2.05, 4.69) is 0 Å². The average Bonchev–Trinajstić information content (AvgIpc) is 2.58. The molecule has 0 radical (unpaired) electrons. The maximum atomic E-state index is 6.22. The van der Waals surface area contributed by atoms with Gasteiger partial charge in [-0.3, -0.25) is 0 Å². The molecule has 140 valence electrons. The van der Waals surface area contributed by atoms with Crippen LogP contribution in [0.4, 0.5) is 0 Å². The lowest BCUT2D eigenvalue weighted by Crippen LogP contribution is -2.01. The van der Waals surface area contributed by atoms with Crippen molar-refractivity contribution in [3.05, 3.63) is 62.0 Å². The van der Waals surface area contributed by atoms with Crippen LogP contribution in [0.1, 0.15) is 6.42 Å². The number of halogens is 5. The summed E-state index contributed by atoms with van der Waals surface area (Å²) in [5, 5.41) is 1.51. The fourth-order valence-corrected chi connectivity index (χ4v) is 3.57. The van der Waals surface area contributed by atoms with E-state index in [4.69, 9.17) is 67.5 Å². The largest absolute Gasteiger partial charge is 0.490 e. The topological polar surface area (TPSA) is 18.5 Å². The fourth-order valence-electron chi connectivity index (χ4n) is 1.91. The Balaban J connectivity index is 1.79. The van der Waals surface area contributed by atoms with Crippen molar-refractivity contribution in [1.29, 1.82) is 0 Å². The lowest BCUT2D eigenvalue weighted by Gasteiger charge is -2.12. The van der Waals surface area contributed by atoms with Gasteiger partial charge in [-0.2, -0.15) is 0 Å². The second-order valence-corrected chi connectivity index (χ2v) is 8.45. The summed E-state index contributed by atoms with van der Waals surface area (Å²) in [6.45, 7) is 0.724. The van der Waals surface area contributed by atoms with Crippen molar-refractivity contribution in [3.8, 4) is 11.5 Å². The molecule has 8 heteroatoms. The van der Waals surface area contributed by atoms with E-state index in [-0.39, 0.29) is 11.1 Å². The second kappa shape index (κ2) is 11.4. The Kier molecular flexibility index (Phi) is 9.62. The summed E-state index contributed by atoms with van der Waals surface area (Å²) in [5.74, 6) is 1.86. The molecule has 0 fully saturated rings. The van der Waals surface area contributed by atoms with Gasteiger partial charge in [0.1, 0.15) is 16.8 Å². The third-order valence-electron chi connectivity index (χ3n) is 3.08. The highest BCUT2D eigenvalue weighted by Gasteiger charge is 2.10. The zero-order valence-electron chi connectivity index (χ0n) is 13.5. The first kappa shape index (κ1) is 21.9. The molecule has 0 saturated heterocycles. The Morgan fingerprint density at radius 2 is 1.62 bits per heavy atom. The predicted octanol–water partition coefficient (Wildman–Crippen LogP) is 7.91. The van der Waals surface area contributed by atoms with Crippen molar-refractivity contribution in [1.82, 2.24) is 0 Å². The van der Waals surface area contributed by atoms with Crippen LogP contribution in [0.15, 0.2) is 51.9 Å². The molecular weight excluding hydrogens is 458 g/mol. The highest BCUT2D eigenvalue weighted by Crippen LogP contribution is 2.37. The van der Waals surface area contributed by atoms with Gasteiger partial charge in [-0.1, -0.05) is 58.0 Å². The van der Waals surface area contributed by atoms with Gasteiger partial charge in [0.2, 0.25) is 0 Å². The quantitative estimate of drug-likeness (QED) is 0.273. The zero-order chi connectivity index (χ0) is 18.9. The Bertz CT molecular complexity index is 723. The van der Waals surface area contributed by atoms with Crippen LogP contribution in [0, 0.1) is 0 Å². The summed E-state index contributed by atoms with van der Waals surface area (Å²) in [4.78, 5) is 1.16. The lowest BCUT2D eigenvalue weighted by molar-refractivity contribution is 0.317. The molecular formula is C18H15Cl5O2S. The van der Waals surface area contributed by atoms with Crippen LogP contribution in [-0.4, -0.2) is 19.0 Å². The van der Waals surface area contributed by atoms with Crippen LogP contribution in [0.2, 0.25) is 15.1 Å². The van der Waals surface area contributed by atoms with Gasteiger partial charge in [-0.25, -0.2) is 0 Å². The van der Waals surface area contributed by atoms with Gasteiger partial charge in [0, 0.05) is 27.8 Å². The van der Waals surface area contributed by atoms with E-state index in [0.717, 1.165) is 22.1 Å². The number of hydrogen-bond acceptors (Lipinski definition) is 3. The molecule has 0 aliphatic heterocycles. The lowest BCUT2D eigenvalue weighted by atomic mass is 10.3. The number of rotatable bonds is 9. The Morgan fingerprint density at radius 1 is 0.962 bits per heavy atom. The first-order valence-electron chi connectivity index (χ1n) is 7.60. The minimum absolute atomic E-state index is 0.138. The molecule has 0 amide bonds. The summed E-state index contributed by atoms with van der Waals surface area (Å²) in [7, 11) is 0. The Hall–Kier alpha value is -0.420. The molecule has 0 bridgehead atoms. The summed E-state index contributed by atoms with van der Waals surface area (Å²) in [5.41, 5.74) is 0. The molecule has 0 aliphatic rings. The van der Waals surface area contributed by atoms with Gasteiger partial charge in [0.05, 0.1) is 16.7 Å². The summed E-state index contributed by atoms with van der Waals surface area (Å²) in [6.07, 6.45) is 2.37. The average molecular weight is 473 g/mol. The molecule has 2 nitrogen and oxygen atoms in total. The minimum Gasteiger partial charge on any atom is -0.490 e. The van der Waals surface area contributed by atoms with Crippen LogP contribution in [0.25, 0.3) is 0 Å². The van der Waals surface area contributed by atoms with E-state index in [1.54, 1.807) is 23.9 Å². The van der Waals surface area contributed by atoms with Crippen LogP contribution < -0.4 is 9.47 Å². The number of benzene rings is 2. The normalized spacial score (nSPS) is 10.5. The highest BCUT2D eigenvalue weighted by atomic mass is 35.5. The van der Waals surface area contributed by atoms with Crippen molar-refractivity contribution in [2.75, 3.05) is 19.0 Å². The highest BCUT2D eigenvalue weighted by molar-refractivity contribution is 7.99. The van der Waals surface area contributed by atoms with E-state index >= 15 is 0 Å². The maximum absolute atomic E-state index is 6.22. The van der Waals surface area contributed by atoms with Crippen molar-refractivity contribution in [3.63, 3.8) is 0 Å².